The predicted molar refractivity (Wildman–Crippen MR) is 156 cm³/mol. The fourth-order valence-electron chi connectivity index (χ4n) is 3.60. The fourth-order valence-corrected chi connectivity index (χ4v) is 4.79. The Morgan fingerprint density at radius 3 is 2.42 bits per heavy atom. The van der Waals surface area contributed by atoms with E-state index in [-0.39, 0.29) is 22.8 Å². The van der Waals surface area contributed by atoms with E-state index < -0.39 is 5.82 Å². The molecule has 6 nitrogen and oxygen atoms in total. The van der Waals surface area contributed by atoms with Crippen LogP contribution in [0.25, 0.3) is 10.5 Å². The first-order valence-electron chi connectivity index (χ1n) is 12.4. The number of thioether (sulfide) groups is 1. The van der Waals surface area contributed by atoms with Gasteiger partial charge in [0.15, 0.2) is 11.6 Å². The van der Waals surface area contributed by atoms with Gasteiger partial charge in [-0.25, -0.2) is 14.4 Å². The van der Waals surface area contributed by atoms with Crippen LogP contribution in [0.3, 0.4) is 0 Å². The van der Waals surface area contributed by atoms with Crippen LogP contribution >= 0.6 is 11.8 Å². The summed E-state index contributed by atoms with van der Waals surface area (Å²) in [5.41, 5.74) is 2.50. The molecular formula is C30H33FN4O2S. The lowest BCUT2D eigenvalue weighted by molar-refractivity contribution is 0.101. The normalized spacial score (nSPS) is 12.9. The van der Waals surface area contributed by atoms with E-state index in [1.54, 1.807) is 48.7 Å². The van der Waals surface area contributed by atoms with Crippen molar-refractivity contribution in [3.63, 3.8) is 0 Å². The highest BCUT2D eigenvalue weighted by molar-refractivity contribution is 8.12. The molecule has 0 aliphatic heterocycles. The van der Waals surface area contributed by atoms with Gasteiger partial charge >= 0.3 is 0 Å². The number of hydrogen-bond donors (Lipinski definition) is 1. The third-order valence-corrected chi connectivity index (χ3v) is 7.71. The molecule has 0 amide bonds. The highest BCUT2D eigenvalue weighted by Crippen LogP contribution is 2.47. The topological polar surface area (TPSA) is 84.3 Å². The van der Waals surface area contributed by atoms with Gasteiger partial charge in [0.25, 0.3) is 0 Å². The Labute approximate surface area is 227 Å². The molecule has 0 aliphatic carbocycles. The second kappa shape index (κ2) is 12.3. The maximum Gasteiger partial charge on any atom is 0.227 e. The van der Waals surface area contributed by atoms with Crippen molar-refractivity contribution in [2.45, 2.75) is 48.0 Å². The van der Waals surface area contributed by atoms with Crippen LogP contribution < -0.4 is 5.32 Å². The van der Waals surface area contributed by atoms with Crippen LogP contribution in [0.1, 0.15) is 69.6 Å². The Hall–Kier alpha value is -3.65. The van der Waals surface area contributed by atoms with Crippen molar-refractivity contribution in [3.05, 3.63) is 93.8 Å². The molecule has 8 heteroatoms. The number of ketones is 1. The molecule has 0 bridgehead atoms. The molecule has 2 aromatic carbocycles. The number of benzene rings is 2. The number of aromatic nitrogens is 2. The molecule has 1 unspecified atom stereocenters. The third-order valence-electron chi connectivity index (χ3n) is 6.21. The Morgan fingerprint density at radius 2 is 1.84 bits per heavy atom. The summed E-state index contributed by atoms with van der Waals surface area (Å²) in [7, 11) is 0. The second-order valence-electron chi connectivity index (χ2n) is 10.1. The largest absolute Gasteiger partial charge is 0.324 e. The molecule has 1 N–H and O–H groups in total. The Kier molecular flexibility index (Phi) is 9.33. The highest BCUT2D eigenvalue weighted by atomic mass is 32.2. The van der Waals surface area contributed by atoms with Crippen LogP contribution in [0.5, 0.6) is 0 Å². The van der Waals surface area contributed by atoms with Crippen LogP contribution in [-0.2, 0) is 0 Å². The van der Waals surface area contributed by atoms with Crippen molar-refractivity contribution < 1.29 is 9.18 Å². The zero-order valence-corrected chi connectivity index (χ0v) is 23.4. The Bertz CT molecular complexity index is 1380. The number of allylic oxidation sites excluding steroid dienone is 2. The van der Waals surface area contributed by atoms with Crippen LogP contribution in [0, 0.1) is 22.1 Å². The van der Waals surface area contributed by atoms with E-state index in [0.29, 0.717) is 22.8 Å². The molecule has 0 saturated heterocycles. The number of rotatable bonds is 10. The number of nitrogens with zero attached hydrogens (tertiary/aromatic N) is 3. The van der Waals surface area contributed by atoms with E-state index >= 15 is 4.39 Å². The minimum atomic E-state index is -0.657. The lowest BCUT2D eigenvalue weighted by atomic mass is 9.90. The standard InChI is InChI=1S/C30H33FN4O2S/c1-8-18(2)26(23-10-9-11-24(35-37)27(23)31)28(38-20(4)30(5,6)7)25-16-17-32-29(34-25)33-22-14-12-21(13-15-22)19(3)36/h9-18H,4,8H2,1-3,5-7H3,(H,32,33,34)/b28-26+. The summed E-state index contributed by atoms with van der Waals surface area (Å²) in [5, 5.41) is 6.06. The summed E-state index contributed by atoms with van der Waals surface area (Å²) in [5.74, 6) is -0.383. The van der Waals surface area contributed by atoms with E-state index in [1.807, 2.05) is 13.8 Å². The van der Waals surface area contributed by atoms with Gasteiger partial charge in [-0.3, -0.25) is 4.79 Å². The SMILES string of the molecule is C=C(S/C(=C(/c1cccc(N=O)c1F)C(C)CC)c1ccnc(Nc2ccc(C(C)=O)cc2)n1)C(C)(C)C. The summed E-state index contributed by atoms with van der Waals surface area (Å²) >= 11 is 1.45. The summed E-state index contributed by atoms with van der Waals surface area (Å²) in [6.07, 6.45) is 2.38. The van der Waals surface area contributed by atoms with Gasteiger partial charge in [-0.05, 0) is 76.7 Å². The Balaban J connectivity index is 2.20. The number of nitroso groups, excluding NO2 is 1. The average Bonchev–Trinajstić information content (AvgIpc) is 2.88. The van der Waals surface area contributed by atoms with Crippen molar-refractivity contribution in [3.8, 4) is 0 Å². The second-order valence-corrected chi connectivity index (χ2v) is 11.2. The molecule has 0 saturated carbocycles. The summed E-state index contributed by atoms with van der Waals surface area (Å²) in [6.45, 7) is 16.1. The van der Waals surface area contributed by atoms with E-state index in [1.165, 1.54) is 24.8 Å². The molecule has 1 heterocycles. The molecule has 1 atom stereocenters. The molecular weight excluding hydrogens is 499 g/mol. The number of hydrogen-bond acceptors (Lipinski definition) is 7. The average molecular weight is 533 g/mol. The van der Waals surface area contributed by atoms with Crippen molar-refractivity contribution in [2.75, 3.05) is 5.32 Å². The van der Waals surface area contributed by atoms with E-state index in [9.17, 15) is 9.70 Å². The van der Waals surface area contributed by atoms with Crippen molar-refractivity contribution in [1.29, 1.82) is 0 Å². The zero-order chi connectivity index (χ0) is 28.0. The molecule has 198 valence electrons. The maximum atomic E-state index is 15.5. The van der Waals surface area contributed by atoms with Crippen LogP contribution in [0.4, 0.5) is 21.7 Å². The van der Waals surface area contributed by atoms with Gasteiger partial charge in [-0.15, -0.1) is 4.91 Å². The third kappa shape index (κ3) is 6.81. The molecule has 3 rings (SSSR count). The molecule has 0 spiro atoms. The van der Waals surface area contributed by atoms with Crippen LogP contribution in [0.15, 0.2) is 71.4 Å². The van der Waals surface area contributed by atoms with E-state index in [4.69, 9.17) is 4.98 Å². The highest BCUT2D eigenvalue weighted by Gasteiger charge is 2.26. The van der Waals surface area contributed by atoms with Crippen LogP contribution in [0.2, 0.25) is 0 Å². The van der Waals surface area contributed by atoms with Gasteiger partial charge in [-0.1, -0.05) is 65.1 Å². The first-order chi connectivity index (χ1) is 18.0. The minimum absolute atomic E-state index is 0.0145. The van der Waals surface area contributed by atoms with Gasteiger partial charge in [0.1, 0.15) is 5.69 Å². The monoisotopic (exact) mass is 532 g/mol. The zero-order valence-electron chi connectivity index (χ0n) is 22.6. The molecule has 3 aromatic rings. The minimum Gasteiger partial charge on any atom is -0.324 e. The summed E-state index contributed by atoms with van der Waals surface area (Å²) in [4.78, 5) is 33.7. The lowest BCUT2D eigenvalue weighted by Crippen LogP contribution is -2.09. The lowest BCUT2D eigenvalue weighted by Gasteiger charge is -2.26. The first kappa shape index (κ1) is 28.9. The molecule has 0 radical (unpaired) electrons. The van der Waals surface area contributed by atoms with Crippen LogP contribution in [-0.4, -0.2) is 15.8 Å². The quantitative estimate of drug-likeness (QED) is 0.207. The molecule has 1 aromatic heterocycles. The van der Waals surface area contributed by atoms with E-state index in [0.717, 1.165) is 27.5 Å². The molecule has 0 fully saturated rings. The number of halogens is 1. The van der Waals surface area contributed by atoms with Gasteiger partial charge in [0.2, 0.25) is 5.95 Å². The Morgan fingerprint density at radius 1 is 1.16 bits per heavy atom. The number of nitrogens with one attached hydrogen (secondary N) is 1. The number of anilines is 2. The van der Waals surface area contributed by atoms with Crippen molar-refractivity contribution >= 4 is 45.3 Å². The summed E-state index contributed by atoms with van der Waals surface area (Å²) in [6, 6.07) is 13.5. The van der Waals surface area contributed by atoms with Gasteiger partial charge in [0.05, 0.1) is 5.69 Å². The summed E-state index contributed by atoms with van der Waals surface area (Å²) < 4.78 is 15.5. The van der Waals surface area contributed by atoms with Gasteiger partial charge in [0, 0.05) is 27.9 Å². The smallest absolute Gasteiger partial charge is 0.227 e. The molecule has 0 aliphatic rings. The van der Waals surface area contributed by atoms with Crippen molar-refractivity contribution in [1.82, 2.24) is 9.97 Å². The fraction of sp³-hybridized carbons (Fsp3) is 0.300. The molecule has 38 heavy (non-hydrogen) atoms. The van der Waals surface area contributed by atoms with E-state index in [2.05, 4.69) is 42.8 Å². The number of carbonyl (C=O) groups excluding carboxylic acids is 1. The predicted octanol–water partition coefficient (Wildman–Crippen LogP) is 9.17. The van der Waals surface area contributed by atoms with Crippen molar-refractivity contribution in [2.24, 2.45) is 16.5 Å². The number of carbonyl (C=O) groups is 1. The van der Waals surface area contributed by atoms with Gasteiger partial charge in [-0.2, -0.15) is 0 Å². The number of Topliss-reactive ketones (excluding diaryl/α,β-unsaturated/α-hetero) is 1. The maximum absolute atomic E-state index is 15.5. The first-order valence-corrected chi connectivity index (χ1v) is 13.2. The van der Waals surface area contributed by atoms with Gasteiger partial charge < -0.3 is 5.32 Å².